The molecule has 1 spiro atoms. The van der Waals surface area contributed by atoms with Gasteiger partial charge in [-0.1, -0.05) is 18.2 Å². The van der Waals surface area contributed by atoms with Crippen LogP contribution in [0.15, 0.2) is 54.6 Å². The Balaban J connectivity index is 1.40. The Morgan fingerprint density at radius 2 is 1.97 bits per heavy atom. The molecule has 1 amide bonds. The minimum atomic E-state index is -0.790. The molecule has 0 radical (unpaired) electrons. The van der Waals surface area contributed by atoms with Gasteiger partial charge in [-0.3, -0.25) is 9.89 Å². The van der Waals surface area contributed by atoms with Crippen LogP contribution in [0.25, 0.3) is 11.3 Å². The van der Waals surface area contributed by atoms with E-state index in [-0.39, 0.29) is 17.7 Å². The second-order valence-electron chi connectivity index (χ2n) is 7.43. The first kappa shape index (κ1) is 17.6. The SMILES string of the molecule is O=C1O[C@]2(CCCN(C(=O)c3cc(-c4ccc(F)cc4)n[nH]3)C2)c2ccccc21. The first-order valence-electron chi connectivity index (χ1n) is 9.49. The highest BCUT2D eigenvalue weighted by molar-refractivity contribution is 5.96. The smallest absolute Gasteiger partial charge is 0.339 e. The van der Waals surface area contributed by atoms with Gasteiger partial charge in [0, 0.05) is 17.7 Å². The number of hydrogen-bond donors (Lipinski definition) is 1. The number of nitrogens with one attached hydrogen (secondary N) is 1. The number of benzene rings is 2. The molecule has 1 fully saturated rings. The second kappa shape index (κ2) is 6.55. The number of esters is 1. The molecule has 7 heteroatoms. The number of nitrogens with zero attached hydrogens (tertiary/aromatic N) is 2. The summed E-state index contributed by atoms with van der Waals surface area (Å²) < 4.78 is 18.9. The minimum Gasteiger partial charge on any atom is -0.449 e. The number of amides is 1. The molecule has 6 nitrogen and oxygen atoms in total. The van der Waals surface area contributed by atoms with Gasteiger partial charge in [-0.25, -0.2) is 9.18 Å². The molecule has 0 saturated carbocycles. The standard InChI is InChI=1S/C22H18FN3O3/c23-15-8-6-14(7-9-15)18-12-19(25-24-18)20(27)26-11-3-10-22(13-26)17-5-2-1-4-16(17)21(28)29-22/h1-2,4-9,12H,3,10-11,13H2,(H,24,25)/t22-/m0/s1. The van der Waals surface area contributed by atoms with Gasteiger partial charge in [0.2, 0.25) is 0 Å². The molecule has 3 heterocycles. The largest absolute Gasteiger partial charge is 0.449 e. The van der Waals surface area contributed by atoms with Crippen molar-refractivity contribution in [3.63, 3.8) is 0 Å². The summed E-state index contributed by atoms with van der Waals surface area (Å²) in [7, 11) is 0. The maximum Gasteiger partial charge on any atom is 0.339 e. The Morgan fingerprint density at radius 1 is 1.17 bits per heavy atom. The summed E-state index contributed by atoms with van der Waals surface area (Å²) in [6, 6.07) is 15.0. The maximum absolute atomic E-state index is 13.1. The highest BCUT2D eigenvalue weighted by Crippen LogP contribution is 2.43. The van der Waals surface area contributed by atoms with Crippen molar-refractivity contribution >= 4 is 11.9 Å². The number of hydrogen-bond acceptors (Lipinski definition) is 4. The van der Waals surface area contributed by atoms with E-state index < -0.39 is 5.60 Å². The molecular weight excluding hydrogens is 373 g/mol. The molecule has 146 valence electrons. The minimum absolute atomic E-state index is 0.203. The molecule has 1 saturated heterocycles. The number of aromatic nitrogens is 2. The zero-order valence-electron chi connectivity index (χ0n) is 15.5. The lowest BCUT2D eigenvalue weighted by Gasteiger charge is -2.39. The van der Waals surface area contributed by atoms with Crippen LogP contribution in [-0.4, -0.2) is 40.1 Å². The van der Waals surface area contributed by atoms with Crippen LogP contribution in [0, 0.1) is 5.82 Å². The fraction of sp³-hybridized carbons (Fsp3) is 0.227. The number of rotatable bonds is 2. The van der Waals surface area contributed by atoms with Crippen molar-refractivity contribution in [2.24, 2.45) is 0 Å². The van der Waals surface area contributed by atoms with Crippen molar-refractivity contribution in [2.75, 3.05) is 13.1 Å². The number of likely N-dealkylation sites (tertiary alicyclic amines) is 1. The van der Waals surface area contributed by atoms with Crippen molar-refractivity contribution in [3.05, 3.63) is 77.2 Å². The van der Waals surface area contributed by atoms with Gasteiger partial charge in [-0.05, 0) is 49.2 Å². The molecule has 5 rings (SSSR count). The Hall–Kier alpha value is -3.48. The molecule has 2 aromatic carbocycles. The zero-order valence-corrected chi connectivity index (χ0v) is 15.5. The molecule has 2 aliphatic heterocycles. The van der Waals surface area contributed by atoms with Crippen molar-refractivity contribution in [3.8, 4) is 11.3 Å². The lowest BCUT2D eigenvalue weighted by atomic mass is 9.85. The lowest BCUT2D eigenvalue weighted by molar-refractivity contribution is -0.0443. The van der Waals surface area contributed by atoms with Crippen LogP contribution in [0.4, 0.5) is 4.39 Å². The van der Waals surface area contributed by atoms with Gasteiger partial charge in [0.25, 0.3) is 5.91 Å². The number of carbonyl (C=O) groups is 2. The average Bonchev–Trinajstić information content (AvgIpc) is 3.33. The van der Waals surface area contributed by atoms with E-state index in [1.165, 1.54) is 12.1 Å². The van der Waals surface area contributed by atoms with Gasteiger partial charge in [-0.15, -0.1) is 0 Å². The molecule has 2 aliphatic rings. The van der Waals surface area contributed by atoms with Crippen LogP contribution >= 0.6 is 0 Å². The third-order valence-corrected chi connectivity index (χ3v) is 5.62. The van der Waals surface area contributed by atoms with Gasteiger partial charge in [0.15, 0.2) is 5.60 Å². The average molecular weight is 391 g/mol. The number of ether oxygens (including phenoxy) is 1. The van der Waals surface area contributed by atoms with Crippen molar-refractivity contribution < 1.29 is 18.7 Å². The number of piperidine rings is 1. The monoisotopic (exact) mass is 391 g/mol. The van der Waals surface area contributed by atoms with Crippen LogP contribution in [0.3, 0.4) is 0 Å². The van der Waals surface area contributed by atoms with E-state index in [1.807, 2.05) is 18.2 Å². The second-order valence-corrected chi connectivity index (χ2v) is 7.43. The Bertz CT molecular complexity index is 1110. The summed E-state index contributed by atoms with van der Waals surface area (Å²) >= 11 is 0. The number of fused-ring (bicyclic) bond motifs is 2. The van der Waals surface area contributed by atoms with Crippen molar-refractivity contribution in [1.82, 2.24) is 15.1 Å². The summed E-state index contributed by atoms with van der Waals surface area (Å²) in [4.78, 5) is 27.1. The summed E-state index contributed by atoms with van der Waals surface area (Å²) in [6.07, 6.45) is 1.41. The molecule has 0 unspecified atom stereocenters. The molecule has 0 bridgehead atoms. The van der Waals surface area contributed by atoms with Gasteiger partial charge in [-0.2, -0.15) is 5.10 Å². The molecule has 1 atom stereocenters. The predicted molar refractivity (Wildman–Crippen MR) is 103 cm³/mol. The topological polar surface area (TPSA) is 75.3 Å². The Labute approximate surface area is 166 Å². The van der Waals surface area contributed by atoms with E-state index in [0.29, 0.717) is 36.5 Å². The molecule has 1 aromatic heterocycles. The number of aromatic amines is 1. The normalized spacial score (nSPS) is 20.6. The van der Waals surface area contributed by atoms with Crippen molar-refractivity contribution in [1.29, 1.82) is 0 Å². The van der Waals surface area contributed by atoms with Crippen LogP contribution in [-0.2, 0) is 10.3 Å². The van der Waals surface area contributed by atoms with Gasteiger partial charge >= 0.3 is 5.97 Å². The van der Waals surface area contributed by atoms with E-state index in [9.17, 15) is 14.0 Å². The molecular formula is C22H18FN3O3. The van der Waals surface area contributed by atoms with Gasteiger partial charge < -0.3 is 9.64 Å². The van der Waals surface area contributed by atoms with Crippen molar-refractivity contribution in [2.45, 2.75) is 18.4 Å². The molecule has 1 N–H and O–H groups in total. The lowest BCUT2D eigenvalue weighted by Crippen LogP contribution is -2.48. The summed E-state index contributed by atoms with van der Waals surface area (Å²) in [6.45, 7) is 0.880. The molecule has 29 heavy (non-hydrogen) atoms. The molecule has 3 aromatic rings. The van der Waals surface area contributed by atoms with Gasteiger partial charge in [0.1, 0.15) is 11.5 Å². The quantitative estimate of drug-likeness (QED) is 0.679. The van der Waals surface area contributed by atoms with E-state index in [4.69, 9.17) is 4.74 Å². The third-order valence-electron chi connectivity index (χ3n) is 5.62. The summed E-state index contributed by atoms with van der Waals surface area (Å²) in [5, 5.41) is 6.97. The van der Waals surface area contributed by atoms with E-state index in [2.05, 4.69) is 10.2 Å². The summed E-state index contributed by atoms with van der Waals surface area (Å²) in [5.41, 5.74) is 2.26. The highest BCUT2D eigenvalue weighted by Gasteiger charge is 2.48. The molecule has 0 aliphatic carbocycles. The maximum atomic E-state index is 13.1. The van der Waals surface area contributed by atoms with Crippen LogP contribution in [0.5, 0.6) is 0 Å². The zero-order chi connectivity index (χ0) is 20.0. The van der Waals surface area contributed by atoms with Crippen LogP contribution in [0.2, 0.25) is 0 Å². The fourth-order valence-electron chi connectivity index (χ4n) is 4.21. The van der Waals surface area contributed by atoms with E-state index >= 15 is 0 Å². The number of halogens is 1. The Morgan fingerprint density at radius 3 is 2.79 bits per heavy atom. The highest BCUT2D eigenvalue weighted by atomic mass is 19.1. The number of carbonyl (C=O) groups excluding carboxylic acids is 2. The van der Waals surface area contributed by atoms with Crippen LogP contribution < -0.4 is 0 Å². The van der Waals surface area contributed by atoms with Crippen LogP contribution in [0.1, 0.15) is 39.3 Å². The number of H-pyrrole nitrogens is 1. The predicted octanol–water partition coefficient (Wildman–Crippen LogP) is 3.52. The summed E-state index contributed by atoms with van der Waals surface area (Å²) in [5.74, 6) is -0.869. The van der Waals surface area contributed by atoms with Gasteiger partial charge in [0.05, 0.1) is 17.8 Å². The first-order valence-corrected chi connectivity index (χ1v) is 9.49. The Kier molecular flexibility index (Phi) is 3.97. The fourth-order valence-corrected chi connectivity index (χ4v) is 4.21. The van der Waals surface area contributed by atoms with E-state index in [0.717, 1.165) is 17.5 Å². The first-order chi connectivity index (χ1) is 14.1. The third kappa shape index (κ3) is 2.90. The van der Waals surface area contributed by atoms with E-state index in [1.54, 1.807) is 29.2 Å².